The highest BCUT2D eigenvalue weighted by Gasteiger charge is 2.19. The molecule has 21 heavy (non-hydrogen) atoms. The second-order valence-corrected chi connectivity index (χ2v) is 5.45. The van der Waals surface area contributed by atoms with E-state index in [4.69, 9.17) is 10.7 Å². The van der Waals surface area contributed by atoms with Crippen molar-refractivity contribution >= 4 is 11.6 Å². The number of rotatable bonds is 4. The fraction of sp³-hybridized carbons (Fsp3) is 0.438. The standard InChI is InChI=1S/C16H20N4O/c1-19-6-8-20(9-7-19)16(21)11-15(18)10-13-2-4-14(12-17)5-3-13/h2-5,18H,6-11H2,1H3. The van der Waals surface area contributed by atoms with E-state index in [2.05, 4.69) is 18.0 Å². The third-order valence-corrected chi connectivity index (χ3v) is 3.72. The molecule has 0 spiro atoms. The minimum Gasteiger partial charge on any atom is -0.340 e. The molecule has 1 aromatic carbocycles. The number of piperazine rings is 1. The van der Waals surface area contributed by atoms with Crippen LogP contribution in [0.4, 0.5) is 0 Å². The van der Waals surface area contributed by atoms with E-state index in [-0.39, 0.29) is 12.3 Å². The fourth-order valence-electron chi connectivity index (χ4n) is 2.36. The summed E-state index contributed by atoms with van der Waals surface area (Å²) in [5.74, 6) is 0.0433. The van der Waals surface area contributed by atoms with Crippen molar-refractivity contribution < 1.29 is 4.79 Å². The van der Waals surface area contributed by atoms with Crippen molar-refractivity contribution in [3.63, 3.8) is 0 Å². The van der Waals surface area contributed by atoms with Crippen molar-refractivity contribution in [3.8, 4) is 6.07 Å². The number of likely N-dealkylation sites (N-methyl/N-ethyl adjacent to an activating group) is 1. The van der Waals surface area contributed by atoms with Gasteiger partial charge < -0.3 is 15.2 Å². The quantitative estimate of drug-likeness (QED) is 0.847. The molecule has 1 heterocycles. The molecular formula is C16H20N4O. The zero-order valence-electron chi connectivity index (χ0n) is 12.3. The average Bonchev–Trinajstić information content (AvgIpc) is 2.48. The van der Waals surface area contributed by atoms with Gasteiger partial charge in [-0.05, 0) is 24.7 Å². The molecule has 5 nitrogen and oxygen atoms in total. The van der Waals surface area contributed by atoms with E-state index < -0.39 is 0 Å². The van der Waals surface area contributed by atoms with Gasteiger partial charge in [-0.2, -0.15) is 5.26 Å². The van der Waals surface area contributed by atoms with Crippen molar-refractivity contribution in [2.24, 2.45) is 0 Å². The van der Waals surface area contributed by atoms with Crippen LogP contribution in [0, 0.1) is 16.7 Å². The van der Waals surface area contributed by atoms with Crippen molar-refractivity contribution in [2.45, 2.75) is 12.8 Å². The van der Waals surface area contributed by atoms with Crippen LogP contribution in [0.5, 0.6) is 0 Å². The van der Waals surface area contributed by atoms with Crippen molar-refractivity contribution in [2.75, 3.05) is 33.2 Å². The van der Waals surface area contributed by atoms with Crippen molar-refractivity contribution in [1.82, 2.24) is 9.80 Å². The molecule has 0 atom stereocenters. The maximum atomic E-state index is 12.1. The van der Waals surface area contributed by atoms with E-state index in [0.717, 1.165) is 31.7 Å². The molecule has 1 aromatic rings. The number of nitrogens with zero attached hydrogens (tertiary/aromatic N) is 3. The maximum absolute atomic E-state index is 12.1. The Kier molecular flexibility index (Phi) is 5.07. The van der Waals surface area contributed by atoms with Crippen LogP contribution in [0.2, 0.25) is 0 Å². The first kappa shape index (κ1) is 15.2. The highest BCUT2D eigenvalue weighted by Crippen LogP contribution is 2.08. The third-order valence-electron chi connectivity index (χ3n) is 3.72. The van der Waals surface area contributed by atoms with Crippen LogP contribution in [0.1, 0.15) is 17.5 Å². The van der Waals surface area contributed by atoms with Crippen LogP contribution in [-0.2, 0) is 11.2 Å². The van der Waals surface area contributed by atoms with E-state index in [1.165, 1.54) is 0 Å². The van der Waals surface area contributed by atoms with Crippen LogP contribution < -0.4 is 0 Å². The van der Waals surface area contributed by atoms with E-state index in [1.54, 1.807) is 12.1 Å². The van der Waals surface area contributed by atoms with Gasteiger partial charge in [0.25, 0.3) is 0 Å². The first-order valence-corrected chi connectivity index (χ1v) is 7.10. The second-order valence-electron chi connectivity index (χ2n) is 5.45. The molecule has 0 radical (unpaired) electrons. The molecule has 1 fully saturated rings. The summed E-state index contributed by atoms with van der Waals surface area (Å²) in [7, 11) is 2.05. The highest BCUT2D eigenvalue weighted by atomic mass is 16.2. The summed E-state index contributed by atoms with van der Waals surface area (Å²) in [5, 5.41) is 16.7. The van der Waals surface area contributed by atoms with Crippen LogP contribution in [0.25, 0.3) is 0 Å². The fourth-order valence-corrected chi connectivity index (χ4v) is 2.36. The third kappa shape index (κ3) is 4.40. The molecule has 0 bridgehead atoms. The Hall–Kier alpha value is -2.19. The van der Waals surface area contributed by atoms with E-state index in [0.29, 0.717) is 17.7 Å². The van der Waals surface area contributed by atoms with Crippen LogP contribution in [-0.4, -0.2) is 54.6 Å². The van der Waals surface area contributed by atoms with Crippen molar-refractivity contribution in [1.29, 1.82) is 10.7 Å². The topological polar surface area (TPSA) is 71.2 Å². The minimum absolute atomic E-state index is 0.0433. The maximum Gasteiger partial charge on any atom is 0.228 e. The Morgan fingerprint density at radius 3 is 2.43 bits per heavy atom. The Labute approximate surface area is 125 Å². The monoisotopic (exact) mass is 284 g/mol. The average molecular weight is 284 g/mol. The molecule has 1 aliphatic heterocycles. The van der Waals surface area contributed by atoms with E-state index >= 15 is 0 Å². The zero-order chi connectivity index (χ0) is 15.2. The molecule has 1 saturated heterocycles. The van der Waals surface area contributed by atoms with Crippen LogP contribution in [0.15, 0.2) is 24.3 Å². The van der Waals surface area contributed by atoms with Gasteiger partial charge in [-0.15, -0.1) is 0 Å². The number of carbonyl (C=O) groups is 1. The first-order chi connectivity index (χ1) is 10.1. The Morgan fingerprint density at radius 1 is 1.24 bits per heavy atom. The minimum atomic E-state index is 0.0433. The highest BCUT2D eigenvalue weighted by molar-refractivity contribution is 6.00. The number of benzene rings is 1. The van der Waals surface area contributed by atoms with Gasteiger partial charge in [0.2, 0.25) is 5.91 Å². The molecule has 0 aliphatic carbocycles. The summed E-state index contributed by atoms with van der Waals surface area (Å²) in [4.78, 5) is 16.2. The molecule has 1 N–H and O–H groups in total. The lowest BCUT2D eigenvalue weighted by molar-refractivity contribution is -0.131. The molecular weight excluding hydrogens is 264 g/mol. The summed E-state index contributed by atoms with van der Waals surface area (Å²) in [6.07, 6.45) is 0.648. The number of carbonyl (C=O) groups excluding carboxylic acids is 1. The predicted molar refractivity (Wildman–Crippen MR) is 81.3 cm³/mol. The molecule has 1 aliphatic rings. The predicted octanol–water partition coefficient (Wildman–Crippen LogP) is 1.28. The van der Waals surface area contributed by atoms with Gasteiger partial charge in [-0.1, -0.05) is 12.1 Å². The molecule has 0 unspecified atom stereocenters. The first-order valence-electron chi connectivity index (χ1n) is 7.10. The van der Waals surface area contributed by atoms with Gasteiger partial charge in [0.05, 0.1) is 18.1 Å². The normalized spacial score (nSPS) is 15.5. The van der Waals surface area contributed by atoms with Crippen LogP contribution in [0.3, 0.4) is 0 Å². The van der Waals surface area contributed by atoms with Crippen molar-refractivity contribution in [3.05, 3.63) is 35.4 Å². The van der Waals surface area contributed by atoms with Gasteiger partial charge in [0.1, 0.15) is 0 Å². The van der Waals surface area contributed by atoms with Gasteiger partial charge >= 0.3 is 0 Å². The van der Waals surface area contributed by atoms with Crippen LogP contribution >= 0.6 is 0 Å². The van der Waals surface area contributed by atoms with Gasteiger partial charge in [0, 0.05) is 38.3 Å². The Bertz CT molecular complexity index is 551. The Morgan fingerprint density at radius 2 is 1.86 bits per heavy atom. The number of hydrogen-bond donors (Lipinski definition) is 1. The summed E-state index contributed by atoms with van der Waals surface area (Å²) >= 11 is 0. The lowest BCUT2D eigenvalue weighted by atomic mass is 10.0. The molecule has 5 heteroatoms. The van der Waals surface area contributed by atoms with E-state index in [9.17, 15) is 4.79 Å². The van der Waals surface area contributed by atoms with Gasteiger partial charge in [-0.3, -0.25) is 4.79 Å². The lowest BCUT2D eigenvalue weighted by Crippen LogP contribution is -2.47. The summed E-state index contributed by atoms with van der Waals surface area (Å²) in [6, 6.07) is 9.23. The lowest BCUT2D eigenvalue weighted by Gasteiger charge is -2.32. The smallest absolute Gasteiger partial charge is 0.228 e. The number of hydrogen-bond acceptors (Lipinski definition) is 4. The number of nitriles is 1. The van der Waals surface area contributed by atoms with Gasteiger partial charge in [-0.25, -0.2) is 0 Å². The number of nitrogens with one attached hydrogen (secondary N) is 1. The van der Waals surface area contributed by atoms with E-state index in [1.807, 2.05) is 17.0 Å². The number of amides is 1. The summed E-state index contributed by atoms with van der Waals surface area (Å²) < 4.78 is 0. The largest absolute Gasteiger partial charge is 0.340 e. The molecule has 110 valence electrons. The zero-order valence-corrected chi connectivity index (χ0v) is 12.3. The van der Waals surface area contributed by atoms with Gasteiger partial charge in [0.15, 0.2) is 0 Å². The Balaban J connectivity index is 1.83. The molecule has 2 rings (SSSR count). The SMILES string of the molecule is CN1CCN(C(=O)CC(=N)Cc2ccc(C#N)cc2)CC1. The molecule has 0 saturated carbocycles. The second kappa shape index (κ2) is 7.00. The summed E-state index contributed by atoms with van der Waals surface area (Å²) in [6.45, 7) is 3.29. The molecule has 1 amide bonds. The summed E-state index contributed by atoms with van der Waals surface area (Å²) in [5.41, 5.74) is 1.99. The molecule has 0 aromatic heterocycles.